The van der Waals surface area contributed by atoms with Gasteiger partial charge in [-0.2, -0.15) is 0 Å². The van der Waals surface area contributed by atoms with Crippen LogP contribution in [0.15, 0.2) is 28.4 Å². The average Bonchev–Trinajstić information content (AvgIpc) is 3.03. The van der Waals surface area contributed by atoms with E-state index in [4.69, 9.17) is 0 Å². The van der Waals surface area contributed by atoms with Gasteiger partial charge in [0.15, 0.2) is 0 Å². The van der Waals surface area contributed by atoms with Crippen molar-refractivity contribution in [1.29, 1.82) is 0 Å². The number of aryl methyl sites for hydroxylation is 1. The van der Waals surface area contributed by atoms with Crippen LogP contribution in [0.4, 0.5) is 0 Å². The zero-order valence-corrected chi connectivity index (χ0v) is 12.1. The van der Waals surface area contributed by atoms with Gasteiger partial charge in [0.05, 0.1) is 23.1 Å². The Morgan fingerprint density at radius 1 is 1.48 bits per heavy atom. The molecule has 6 nitrogen and oxygen atoms in total. The van der Waals surface area contributed by atoms with Crippen LogP contribution in [0.2, 0.25) is 0 Å². The van der Waals surface area contributed by atoms with Crippen LogP contribution in [0.3, 0.4) is 0 Å². The molecule has 0 amide bonds. The maximum atomic E-state index is 11.4. The number of hydrogen-bond donors (Lipinski definition) is 2. The lowest BCUT2D eigenvalue weighted by molar-refractivity contribution is 0.0698. The van der Waals surface area contributed by atoms with Crippen molar-refractivity contribution in [2.75, 3.05) is 0 Å². The second-order valence-corrected chi connectivity index (χ2v) is 5.46. The predicted molar refractivity (Wildman–Crippen MR) is 80.1 cm³/mol. The van der Waals surface area contributed by atoms with E-state index >= 15 is 0 Å². The molecule has 0 saturated carbocycles. The van der Waals surface area contributed by atoms with Crippen molar-refractivity contribution in [3.8, 4) is 0 Å². The van der Waals surface area contributed by atoms with Gasteiger partial charge in [0, 0.05) is 17.5 Å². The molecule has 0 aliphatic rings. The SMILES string of the molecule is CCc1nc2cccc(C(=O)O)c2n1Cc1csc(=O)[nH]1. The number of carboxylic acid groups (broad SMARTS) is 1. The van der Waals surface area contributed by atoms with Gasteiger partial charge in [0.2, 0.25) is 0 Å². The van der Waals surface area contributed by atoms with E-state index in [1.165, 1.54) is 0 Å². The Hall–Kier alpha value is -2.41. The number of fused-ring (bicyclic) bond motifs is 1. The first-order valence-electron chi connectivity index (χ1n) is 6.48. The molecule has 0 aliphatic heterocycles. The molecule has 1 aromatic carbocycles. The standard InChI is InChI=1S/C14H13N3O3S/c1-2-11-16-10-5-3-4-9(13(18)19)12(10)17(11)6-8-7-21-14(20)15-8/h3-5,7H,2,6H2,1H3,(H,15,20)(H,18,19). The molecule has 2 aromatic heterocycles. The summed E-state index contributed by atoms with van der Waals surface area (Å²) in [4.78, 5) is 29.8. The highest BCUT2D eigenvalue weighted by molar-refractivity contribution is 7.07. The molecule has 0 atom stereocenters. The van der Waals surface area contributed by atoms with Crippen LogP contribution in [0, 0.1) is 0 Å². The number of aromatic nitrogens is 3. The van der Waals surface area contributed by atoms with Crippen LogP contribution >= 0.6 is 11.3 Å². The maximum Gasteiger partial charge on any atom is 0.337 e. The molecule has 108 valence electrons. The zero-order valence-electron chi connectivity index (χ0n) is 11.3. The highest BCUT2D eigenvalue weighted by Crippen LogP contribution is 2.22. The summed E-state index contributed by atoms with van der Waals surface area (Å²) in [6.07, 6.45) is 0.683. The molecule has 0 radical (unpaired) electrons. The lowest BCUT2D eigenvalue weighted by atomic mass is 10.2. The van der Waals surface area contributed by atoms with Gasteiger partial charge in [0.1, 0.15) is 5.82 Å². The minimum atomic E-state index is -0.983. The number of H-pyrrole nitrogens is 1. The molecule has 0 bridgehead atoms. The molecule has 2 heterocycles. The van der Waals surface area contributed by atoms with Gasteiger partial charge in [-0.15, -0.1) is 0 Å². The third kappa shape index (κ3) is 2.36. The largest absolute Gasteiger partial charge is 0.478 e. The number of thiazole rings is 1. The number of carboxylic acids is 1. The second-order valence-electron chi connectivity index (χ2n) is 4.62. The van der Waals surface area contributed by atoms with Crippen molar-refractivity contribution < 1.29 is 9.90 Å². The summed E-state index contributed by atoms with van der Waals surface area (Å²) in [6, 6.07) is 5.06. The number of aromatic carboxylic acids is 1. The number of hydrogen-bond acceptors (Lipinski definition) is 4. The topological polar surface area (TPSA) is 88.0 Å². The summed E-state index contributed by atoms with van der Waals surface area (Å²) in [7, 11) is 0. The van der Waals surface area contributed by atoms with Crippen LogP contribution in [0.5, 0.6) is 0 Å². The van der Waals surface area contributed by atoms with Crippen molar-refractivity contribution in [1.82, 2.24) is 14.5 Å². The lowest BCUT2D eigenvalue weighted by Gasteiger charge is -2.08. The van der Waals surface area contributed by atoms with Crippen molar-refractivity contribution in [3.63, 3.8) is 0 Å². The van der Waals surface area contributed by atoms with Crippen LogP contribution in [0.25, 0.3) is 11.0 Å². The number of rotatable bonds is 4. The van der Waals surface area contributed by atoms with Crippen molar-refractivity contribution in [2.24, 2.45) is 0 Å². The first-order valence-corrected chi connectivity index (χ1v) is 7.36. The molecule has 0 aliphatic carbocycles. The van der Waals surface area contributed by atoms with E-state index in [1.807, 2.05) is 11.5 Å². The quantitative estimate of drug-likeness (QED) is 0.772. The second kappa shape index (κ2) is 5.17. The van der Waals surface area contributed by atoms with E-state index in [0.29, 0.717) is 24.0 Å². The fourth-order valence-corrected chi connectivity index (χ4v) is 2.98. The molecule has 0 saturated heterocycles. The maximum absolute atomic E-state index is 11.4. The van der Waals surface area contributed by atoms with Gasteiger partial charge < -0.3 is 14.7 Å². The van der Waals surface area contributed by atoms with Gasteiger partial charge in [-0.25, -0.2) is 9.78 Å². The molecular weight excluding hydrogens is 290 g/mol. The summed E-state index contributed by atoms with van der Waals surface area (Å²) in [5.74, 6) is -0.186. The van der Waals surface area contributed by atoms with E-state index in [9.17, 15) is 14.7 Å². The number of benzene rings is 1. The molecule has 2 N–H and O–H groups in total. The molecule has 21 heavy (non-hydrogen) atoms. The van der Waals surface area contributed by atoms with Gasteiger partial charge >= 0.3 is 10.8 Å². The molecule has 3 rings (SSSR count). The molecule has 3 aromatic rings. The first-order chi connectivity index (χ1) is 10.1. The zero-order chi connectivity index (χ0) is 15.0. The minimum absolute atomic E-state index is 0.120. The first kappa shape index (κ1) is 13.6. The van der Waals surface area contributed by atoms with E-state index < -0.39 is 5.97 Å². The van der Waals surface area contributed by atoms with Crippen molar-refractivity contribution in [2.45, 2.75) is 19.9 Å². The Balaban J connectivity index is 2.23. The van der Waals surface area contributed by atoms with Crippen LogP contribution in [-0.4, -0.2) is 25.6 Å². The van der Waals surface area contributed by atoms with Gasteiger partial charge in [0.25, 0.3) is 0 Å². The van der Waals surface area contributed by atoms with Gasteiger partial charge in [-0.1, -0.05) is 24.3 Å². The fraction of sp³-hybridized carbons (Fsp3) is 0.214. The Bertz CT molecular complexity index is 875. The Morgan fingerprint density at radius 3 is 2.90 bits per heavy atom. The molecule has 7 heteroatoms. The molecular formula is C14H13N3O3S. The number of imidazole rings is 1. The summed E-state index contributed by atoms with van der Waals surface area (Å²) >= 11 is 1.09. The third-order valence-corrected chi connectivity index (χ3v) is 4.01. The number of aromatic amines is 1. The van der Waals surface area contributed by atoms with Crippen LogP contribution in [0.1, 0.15) is 28.8 Å². The Kier molecular flexibility index (Phi) is 3.34. The summed E-state index contributed by atoms with van der Waals surface area (Å²) in [6.45, 7) is 2.37. The lowest BCUT2D eigenvalue weighted by Crippen LogP contribution is -2.09. The molecule has 0 unspecified atom stereocenters. The Labute approximate surface area is 123 Å². The number of nitrogens with one attached hydrogen (secondary N) is 1. The number of carbonyl (C=O) groups is 1. The van der Waals surface area contributed by atoms with Crippen LogP contribution < -0.4 is 4.87 Å². The van der Waals surface area contributed by atoms with Crippen molar-refractivity contribution >= 4 is 28.3 Å². The highest BCUT2D eigenvalue weighted by atomic mass is 32.1. The highest BCUT2D eigenvalue weighted by Gasteiger charge is 2.17. The van der Waals surface area contributed by atoms with Crippen molar-refractivity contribution in [3.05, 3.63) is 50.3 Å². The van der Waals surface area contributed by atoms with Gasteiger partial charge in [-0.05, 0) is 12.1 Å². The minimum Gasteiger partial charge on any atom is -0.478 e. The normalized spacial score (nSPS) is 11.1. The summed E-state index contributed by atoms with van der Waals surface area (Å²) in [5.41, 5.74) is 2.22. The van der Waals surface area contributed by atoms with Crippen LogP contribution in [-0.2, 0) is 13.0 Å². The Morgan fingerprint density at radius 2 is 2.29 bits per heavy atom. The van der Waals surface area contributed by atoms with E-state index in [1.54, 1.807) is 23.6 Å². The van der Waals surface area contributed by atoms with Gasteiger partial charge in [-0.3, -0.25) is 4.79 Å². The smallest absolute Gasteiger partial charge is 0.337 e. The summed E-state index contributed by atoms with van der Waals surface area (Å²) in [5, 5.41) is 11.1. The molecule has 0 fully saturated rings. The van der Waals surface area contributed by atoms with E-state index in [-0.39, 0.29) is 10.4 Å². The van der Waals surface area contributed by atoms with E-state index in [2.05, 4.69) is 9.97 Å². The third-order valence-electron chi connectivity index (χ3n) is 3.29. The number of nitrogens with zero attached hydrogens (tertiary/aromatic N) is 2. The van der Waals surface area contributed by atoms with E-state index in [0.717, 1.165) is 22.9 Å². The number of para-hydroxylation sites is 1. The summed E-state index contributed by atoms with van der Waals surface area (Å²) < 4.78 is 1.86. The molecule has 0 spiro atoms. The predicted octanol–water partition coefficient (Wildman–Crippen LogP) is 2.10. The monoisotopic (exact) mass is 303 g/mol. The average molecular weight is 303 g/mol. The fourth-order valence-electron chi connectivity index (χ4n) is 2.41.